The average Bonchev–Trinajstić information content (AvgIpc) is 3.36. The Hall–Kier alpha value is -2.43. The molecule has 2 aromatic rings. The van der Waals surface area contributed by atoms with Crippen molar-refractivity contribution in [3.63, 3.8) is 0 Å². The molecule has 1 aromatic heterocycles. The molecule has 2 atom stereocenters. The number of amides is 1. The number of carbonyl (C=O) groups is 1. The first-order valence-corrected chi connectivity index (χ1v) is 9.70. The highest BCUT2D eigenvalue weighted by Crippen LogP contribution is 2.40. The normalized spacial score (nSPS) is 18.0. The standard InChI is InChI=1S/C22H30N2O3/c1-16(2)14-20(23-11-5-6-12-23)22(25)24-13-7-8-19(24)18-10-9-17(26-3)15-21(18)27-4/h5-6,9-12,15-16,19-20H,7-8,13-14H2,1-4H3. The Kier molecular flexibility index (Phi) is 6.09. The first-order chi connectivity index (χ1) is 13.0. The third-order valence-corrected chi connectivity index (χ3v) is 5.30. The second-order valence-electron chi connectivity index (χ2n) is 7.57. The summed E-state index contributed by atoms with van der Waals surface area (Å²) in [7, 11) is 3.31. The lowest BCUT2D eigenvalue weighted by molar-refractivity contribution is -0.136. The van der Waals surface area contributed by atoms with Crippen molar-refractivity contribution >= 4 is 5.91 Å². The van der Waals surface area contributed by atoms with Crippen molar-refractivity contribution in [2.75, 3.05) is 20.8 Å². The third kappa shape index (κ3) is 4.12. The first kappa shape index (κ1) is 19.3. The Balaban J connectivity index is 1.90. The van der Waals surface area contributed by atoms with Crippen LogP contribution in [0, 0.1) is 5.92 Å². The van der Waals surface area contributed by atoms with Crippen LogP contribution in [0.3, 0.4) is 0 Å². The second kappa shape index (κ2) is 8.51. The van der Waals surface area contributed by atoms with E-state index in [-0.39, 0.29) is 18.0 Å². The number of likely N-dealkylation sites (tertiary alicyclic amines) is 1. The molecule has 3 rings (SSSR count). The van der Waals surface area contributed by atoms with Gasteiger partial charge in [-0.25, -0.2) is 0 Å². The van der Waals surface area contributed by atoms with E-state index in [1.54, 1.807) is 14.2 Å². The van der Waals surface area contributed by atoms with Crippen LogP contribution in [0.5, 0.6) is 11.5 Å². The van der Waals surface area contributed by atoms with Crippen molar-refractivity contribution in [1.82, 2.24) is 9.47 Å². The van der Waals surface area contributed by atoms with Crippen LogP contribution in [-0.2, 0) is 4.79 Å². The van der Waals surface area contributed by atoms with Crippen LogP contribution in [-0.4, -0.2) is 36.1 Å². The number of aromatic nitrogens is 1. The minimum atomic E-state index is -0.162. The summed E-state index contributed by atoms with van der Waals surface area (Å²) in [5.41, 5.74) is 1.06. The molecule has 1 aliphatic heterocycles. The molecule has 1 aliphatic rings. The maximum absolute atomic E-state index is 13.5. The zero-order valence-electron chi connectivity index (χ0n) is 16.7. The first-order valence-electron chi connectivity index (χ1n) is 9.70. The largest absolute Gasteiger partial charge is 0.497 e. The smallest absolute Gasteiger partial charge is 0.246 e. The van der Waals surface area contributed by atoms with Gasteiger partial charge in [0.1, 0.15) is 17.5 Å². The molecule has 0 aliphatic carbocycles. The van der Waals surface area contributed by atoms with Crippen molar-refractivity contribution in [3.05, 3.63) is 48.3 Å². The predicted molar refractivity (Wildman–Crippen MR) is 106 cm³/mol. The van der Waals surface area contributed by atoms with Crippen molar-refractivity contribution in [2.24, 2.45) is 5.92 Å². The fourth-order valence-electron chi connectivity index (χ4n) is 3.99. The molecule has 1 saturated heterocycles. The summed E-state index contributed by atoms with van der Waals surface area (Å²) in [5.74, 6) is 2.18. The van der Waals surface area contributed by atoms with Crippen LogP contribution in [0.15, 0.2) is 42.7 Å². The highest BCUT2D eigenvalue weighted by atomic mass is 16.5. The van der Waals surface area contributed by atoms with Gasteiger partial charge in [0.2, 0.25) is 5.91 Å². The monoisotopic (exact) mass is 370 g/mol. The Morgan fingerprint density at radius 3 is 2.56 bits per heavy atom. The maximum atomic E-state index is 13.5. The number of hydrogen-bond acceptors (Lipinski definition) is 3. The molecule has 5 nitrogen and oxygen atoms in total. The van der Waals surface area contributed by atoms with Gasteiger partial charge in [0.25, 0.3) is 0 Å². The lowest BCUT2D eigenvalue weighted by atomic mass is 9.99. The third-order valence-electron chi connectivity index (χ3n) is 5.30. The van der Waals surface area contributed by atoms with Gasteiger partial charge in [-0.2, -0.15) is 0 Å². The zero-order valence-corrected chi connectivity index (χ0v) is 16.7. The molecule has 0 spiro atoms. The van der Waals surface area contributed by atoms with Gasteiger partial charge in [0.15, 0.2) is 0 Å². The lowest BCUT2D eigenvalue weighted by Gasteiger charge is -2.31. The number of hydrogen-bond donors (Lipinski definition) is 0. The number of nitrogens with zero attached hydrogens (tertiary/aromatic N) is 2. The molecule has 0 saturated carbocycles. The number of carbonyl (C=O) groups excluding carboxylic acids is 1. The Morgan fingerprint density at radius 1 is 1.19 bits per heavy atom. The molecular formula is C22H30N2O3. The number of methoxy groups -OCH3 is 2. The van der Waals surface area contributed by atoms with Gasteiger partial charge in [0, 0.05) is 30.6 Å². The molecule has 2 heterocycles. The predicted octanol–water partition coefficient (Wildman–Crippen LogP) is 4.46. The number of ether oxygens (including phenoxy) is 2. The van der Waals surface area contributed by atoms with Crippen LogP contribution in [0.4, 0.5) is 0 Å². The van der Waals surface area contributed by atoms with E-state index in [1.807, 2.05) is 52.2 Å². The molecule has 0 radical (unpaired) electrons. The summed E-state index contributed by atoms with van der Waals surface area (Å²) in [4.78, 5) is 15.6. The molecule has 27 heavy (non-hydrogen) atoms. The Labute approximate surface area is 161 Å². The molecule has 2 unspecified atom stereocenters. The summed E-state index contributed by atoms with van der Waals surface area (Å²) in [6.07, 6.45) is 6.77. The second-order valence-corrected chi connectivity index (χ2v) is 7.57. The quantitative estimate of drug-likeness (QED) is 0.723. The molecule has 5 heteroatoms. The van der Waals surface area contributed by atoms with Gasteiger partial charge in [-0.05, 0) is 49.4 Å². The maximum Gasteiger partial charge on any atom is 0.246 e. The van der Waals surface area contributed by atoms with E-state index in [2.05, 4.69) is 13.8 Å². The van der Waals surface area contributed by atoms with Crippen molar-refractivity contribution in [2.45, 2.75) is 45.2 Å². The van der Waals surface area contributed by atoms with Crippen LogP contribution in [0.25, 0.3) is 0 Å². The topological polar surface area (TPSA) is 43.7 Å². The zero-order chi connectivity index (χ0) is 19.4. The number of rotatable bonds is 7. The van der Waals surface area contributed by atoms with E-state index < -0.39 is 0 Å². The van der Waals surface area contributed by atoms with E-state index >= 15 is 0 Å². The van der Waals surface area contributed by atoms with Crippen LogP contribution < -0.4 is 9.47 Å². The van der Waals surface area contributed by atoms with Crippen molar-refractivity contribution in [3.8, 4) is 11.5 Å². The summed E-state index contributed by atoms with van der Waals surface area (Å²) in [6.45, 7) is 5.12. The van der Waals surface area contributed by atoms with E-state index in [0.29, 0.717) is 5.92 Å². The van der Waals surface area contributed by atoms with E-state index in [1.165, 1.54) is 0 Å². The van der Waals surface area contributed by atoms with Gasteiger partial charge in [-0.1, -0.05) is 13.8 Å². The summed E-state index contributed by atoms with van der Waals surface area (Å²) in [6, 6.07) is 9.71. The fraction of sp³-hybridized carbons (Fsp3) is 0.500. The average molecular weight is 370 g/mol. The van der Waals surface area contributed by atoms with E-state index in [9.17, 15) is 4.79 Å². The van der Waals surface area contributed by atoms with Crippen LogP contribution in [0.1, 0.15) is 50.8 Å². The van der Waals surface area contributed by atoms with Gasteiger partial charge in [-0.3, -0.25) is 4.79 Å². The SMILES string of the molecule is COc1ccc(C2CCCN2C(=O)C(CC(C)C)n2cccc2)c(OC)c1. The highest BCUT2D eigenvalue weighted by molar-refractivity contribution is 5.81. The van der Waals surface area contributed by atoms with Crippen molar-refractivity contribution in [1.29, 1.82) is 0 Å². The highest BCUT2D eigenvalue weighted by Gasteiger charge is 2.36. The summed E-state index contributed by atoms with van der Waals surface area (Å²) >= 11 is 0. The molecule has 1 amide bonds. The van der Waals surface area contributed by atoms with E-state index in [4.69, 9.17) is 9.47 Å². The molecule has 0 N–H and O–H groups in total. The molecule has 146 valence electrons. The molecule has 1 fully saturated rings. The van der Waals surface area contributed by atoms with Gasteiger partial charge < -0.3 is 18.9 Å². The lowest BCUT2D eigenvalue weighted by Crippen LogP contribution is -2.37. The van der Waals surface area contributed by atoms with Gasteiger partial charge in [0.05, 0.1) is 20.3 Å². The number of benzene rings is 1. The minimum absolute atomic E-state index is 0.0450. The molecule has 0 bridgehead atoms. The van der Waals surface area contributed by atoms with Gasteiger partial charge >= 0.3 is 0 Å². The van der Waals surface area contributed by atoms with Crippen LogP contribution >= 0.6 is 0 Å². The molecule has 1 aromatic carbocycles. The van der Waals surface area contributed by atoms with E-state index in [0.717, 1.165) is 42.9 Å². The van der Waals surface area contributed by atoms with Gasteiger partial charge in [-0.15, -0.1) is 0 Å². The summed E-state index contributed by atoms with van der Waals surface area (Å²) < 4.78 is 13.0. The van der Waals surface area contributed by atoms with Crippen molar-refractivity contribution < 1.29 is 14.3 Å². The minimum Gasteiger partial charge on any atom is -0.497 e. The molecular weight excluding hydrogens is 340 g/mol. The van der Waals surface area contributed by atoms with Crippen LogP contribution in [0.2, 0.25) is 0 Å². The Bertz CT molecular complexity index is 755. The fourth-order valence-corrected chi connectivity index (χ4v) is 3.99. The summed E-state index contributed by atoms with van der Waals surface area (Å²) in [5, 5.41) is 0. The Morgan fingerprint density at radius 2 is 1.93 bits per heavy atom.